The Morgan fingerprint density at radius 1 is 0.759 bits per heavy atom. The molecule has 7 nitrogen and oxygen atoms in total. The lowest BCUT2D eigenvalue weighted by atomic mass is 10.2. The first kappa shape index (κ1) is 20.7. The third-order valence-corrected chi connectivity index (χ3v) is 6.75. The van der Waals surface area contributed by atoms with Gasteiger partial charge in [0, 0.05) is 5.69 Å². The quantitative estimate of drug-likeness (QED) is 0.604. The third-order valence-electron chi connectivity index (χ3n) is 4.03. The maximum Gasteiger partial charge on any atom is 0.261 e. The Labute approximate surface area is 170 Å². The smallest absolute Gasteiger partial charge is 0.261 e. The molecule has 0 unspecified atom stereocenters. The SMILES string of the molecule is COc1ccc(S(=O)(=O)[N-]c2ccc(NS(=O)(=O)c3ccc(C)cc3)cc2)cc1. The number of anilines is 1. The molecule has 3 aromatic rings. The predicted octanol–water partition coefficient (Wildman–Crippen LogP) is 4.20. The summed E-state index contributed by atoms with van der Waals surface area (Å²) < 4.78 is 60.9. The van der Waals surface area contributed by atoms with Crippen LogP contribution in [0.2, 0.25) is 0 Å². The average molecular weight is 432 g/mol. The van der Waals surface area contributed by atoms with Gasteiger partial charge in [0.05, 0.1) is 16.9 Å². The fourth-order valence-corrected chi connectivity index (χ4v) is 4.50. The van der Waals surface area contributed by atoms with Crippen molar-refractivity contribution < 1.29 is 21.6 Å². The Morgan fingerprint density at radius 2 is 1.31 bits per heavy atom. The standard InChI is InChI=1S/C20H19N2O5S2/c1-15-3-11-19(12-4-15)28(23,24)21-16-5-7-17(8-6-16)22-29(25,26)20-13-9-18(27-2)10-14-20/h3-14,21H,1-2H3/q-1. The Balaban J connectivity index is 1.73. The van der Waals surface area contributed by atoms with Crippen LogP contribution in [0.15, 0.2) is 82.6 Å². The second kappa shape index (κ2) is 8.14. The minimum atomic E-state index is -3.90. The number of sulfonamides is 2. The Hall–Kier alpha value is -3.04. The topological polar surface area (TPSA) is 104 Å². The normalized spacial score (nSPS) is 11.7. The van der Waals surface area contributed by atoms with Gasteiger partial charge in [0.1, 0.15) is 15.8 Å². The number of ether oxygens (including phenoxy) is 1. The molecule has 0 saturated heterocycles. The average Bonchev–Trinajstić information content (AvgIpc) is 2.69. The van der Waals surface area contributed by atoms with Gasteiger partial charge in [-0.1, -0.05) is 29.8 Å². The molecule has 152 valence electrons. The molecular formula is C20H19N2O5S2-. The van der Waals surface area contributed by atoms with Gasteiger partial charge >= 0.3 is 0 Å². The van der Waals surface area contributed by atoms with Crippen LogP contribution in [0.4, 0.5) is 11.4 Å². The van der Waals surface area contributed by atoms with Crippen LogP contribution >= 0.6 is 0 Å². The first-order valence-corrected chi connectivity index (χ1v) is 11.4. The van der Waals surface area contributed by atoms with Crippen molar-refractivity contribution in [3.63, 3.8) is 0 Å². The van der Waals surface area contributed by atoms with Gasteiger partial charge in [0.15, 0.2) is 0 Å². The number of nitrogens with one attached hydrogen (secondary N) is 1. The van der Waals surface area contributed by atoms with E-state index in [9.17, 15) is 16.8 Å². The van der Waals surface area contributed by atoms with Crippen molar-refractivity contribution in [3.8, 4) is 5.75 Å². The second-order valence-electron chi connectivity index (χ2n) is 6.21. The Bertz CT molecular complexity index is 1190. The molecule has 0 aliphatic carbocycles. The van der Waals surface area contributed by atoms with Crippen molar-refractivity contribution >= 4 is 31.4 Å². The summed E-state index contributed by atoms with van der Waals surface area (Å²) in [4.78, 5) is 0.168. The van der Waals surface area contributed by atoms with E-state index in [1.807, 2.05) is 6.92 Å². The molecule has 0 amide bonds. The zero-order valence-corrected chi connectivity index (χ0v) is 17.4. The fourth-order valence-electron chi connectivity index (χ4n) is 2.46. The summed E-state index contributed by atoms with van der Waals surface area (Å²) in [6.07, 6.45) is 0. The van der Waals surface area contributed by atoms with Gasteiger partial charge in [-0.15, -0.1) is 5.69 Å². The van der Waals surface area contributed by atoms with Crippen molar-refractivity contribution in [1.82, 2.24) is 0 Å². The molecular weight excluding hydrogens is 412 g/mol. The van der Waals surface area contributed by atoms with Crippen molar-refractivity contribution in [2.45, 2.75) is 16.7 Å². The van der Waals surface area contributed by atoms with Crippen LogP contribution in [0.1, 0.15) is 5.56 Å². The Kier molecular flexibility index (Phi) is 5.81. The van der Waals surface area contributed by atoms with E-state index in [1.165, 1.54) is 67.8 Å². The van der Waals surface area contributed by atoms with E-state index in [0.717, 1.165) is 5.56 Å². The highest BCUT2D eigenvalue weighted by molar-refractivity contribution is 7.94. The summed E-state index contributed by atoms with van der Waals surface area (Å²) in [5.74, 6) is 0.536. The number of nitrogens with zero attached hydrogens (tertiary/aromatic N) is 1. The van der Waals surface area contributed by atoms with Crippen LogP contribution < -0.4 is 9.46 Å². The third kappa shape index (κ3) is 5.07. The predicted molar refractivity (Wildman–Crippen MR) is 112 cm³/mol. The molecule has 29 heavy (non-hydrogen) atoms. The zero-order valence-electron chi connectivity index (χ0n) is 15.7. The van der Waals surface area contributed by atoms with Crippen molar-refractivity contribution in [2.24, 2.45) is 0 Å². The molecule has 3 rings (SSSR count). The van der Waals surface area contributed by atoms with Crippen LogP contribution in [0.25, 0.3) is 4.72 Å². The summed E-state index contributed by atoms with van der Waals surface area (Å²) in [6.45, 7) is 1.87. The highest BCUT2D eigenvalue weighted by Gasteiger charge is 2.13. The molecule has 0 aromatic heterocycles. The van der Waals surface area contributed by atoms with Gasteiger partial charge < -0.3 is 9.46 Å². The zero-order chi connectivity index (χ0) is 21.1. The van der Waals surface area contributed by atoms with E-state index < -0.39 is 20.0 Å². The molecule has 0 bridgehead atoms. The molecule has 0 heterocycles. The number of hydrogen-bond donors (Lipinski definition) is 1. The minimum absolute atomic E-state index is 0.0300. The monoisotopic (exact) mass is 431 g/mol. The maximum atomic E-state index is 12.4. The van der Waals surface area contributed by atoms with Crippen LogP contribution in [0, 0.1) is 6.92 Å². The van der Waals surface area contributed by atoms with E-state index in [-0.39, 0.29) is 15.5 Å². The van der Waals surface area contributed by atoms with Crippen LogP contribution in [-0.4, -0.2) is 23.9 Å². The second-order valence-corrected chi connectivity index (χ2v) is 9.49. The number of hydrogen-bond acceptors (Lipinski definition) is 5. The van der Waals surface area contributed by atoms with Gasteiger partial charge in [0.2, 0.25) is 0 Å². The van der Waals surface area contributed by atoms with Crippen molar-refractivity contribution in [1.29, 1.82) is 0 Å². The molecule has 0 aliphatic heterocycles. The largest absolute Gasteiger partial charge is 0.573 e. The van der Waals surface area contributed by atoms with Gasteiger partial charge in [0.25, 0.3) is 10.0 Å². The highest BCUT2D eigenvalue weighted by atomic mass is 32.2. The van der Waals surface area contributed by atoms with Gasteiger partial charge in [-0.2, -0.15) is 0 Å². The molecule has 0 fully saturated rings. The number of aryl methyl sites for hydroxylation is 1. The molecule has 3 aromatic carbocycles. The number of rotatable bonds is 7. The van der Waals surface area contributed by atoms with E-state index in [1.54, 1.807) is 12.1 Å². The van der Waals surface area contributed by atoms with E-state index in [0.29, 0.717) is 11.4 Å². The van der Waals surface area contributed by atoms with Crippen LogP contribution in [-0.2, 0) is 20.0 Å². The molecule has 0 spiro atoms. The van der Waals surface area contributed by atoms with Gasteiger partial charge in [-0.05, 0) is 55.5 Å². The molecule has 0 radical (unpaired) electrons. The molecule has 0 saturated carbocycles. The summed E-state index contributed by atoms with van der Waals surface area (Å²) in [5, 5.41) is 0. The molecule has 1 N–H and O–H groups in total. The Morgan fingerprint density at radius 3 is 1.86 bits per heavy atom. The van der Waals surface area contributed by atoms with E-state index in [4.69, 9.17) is 4.74 Å². The van der Waals surface area contributed by atoms with Crippen LogP contribution in [0.5, 0.6) is 5.75 Å². The summed E-state index contributed by atoms with van der Waals surface area (Å²) in [5.41, 5.74) is 1.43. The summed E-state index contributed by atoms with van der Waals surface area (Å²) >= 11 is 0. The first-order valence-electron chi connectivity index (χ1n) is 8.51. The molecule has 0 aliphatic rings. The molecule has 0 atom stereocenters. The fraction of sp³-hybridized carbons (Fsp3) is 0.100. The van der Waals surface area contributed by atoms with E-state index in [2.05, 4.69) is 9.44 Å². The molecule has 9 heteroatoms. The summed E-state index contributed by atoms with van der Waals surface area (Å²) in [6, 6.07) is 18.1. The van der Waals surface area contributed by atoms with Crippen molar-refractivity contribution in [3.05, 3.63) is 83.1 Å². The maximum absolute atomic E-state index is 12.4. The van der Waals surface area contributed by atoms with Crippen molar-refractivity contribution in [2.75, 3.05) is 11.8 Å². The number of benzene rings is 3. The van der Waals surface area contributed by atoms with Gasteiger partial charge in [-0.3, -0.25) is 4.72 Å². The van der Waals surface area contributed by atoms with Crippen LogP contribution in [0.3, 0.4) is 0 Å². The van der Waals surface area contributed by atoms with E-state index >= 15 is 0 Å². The lowest BCUT2D eigenvalue weighted by molar-refractivity contribution is 0.414. The lowest BCUT2D eigenvalue weighted by Crippen LogP contribution is -2.12. The van der Waals surface area contributed by atoms with Gasteiger partial charge in [-0.25, -0.2) is 16.8 Å². The summed E-state index contributed by atoms with van der Waals surface area (Å²) in [7, 11) is -6.15. The highest BCUT2D eigenvalue weighted by Crippen LogP contribution is 2.30. The number of methoxy groups -OCH3 is 1. The lowest BCUT2D eigenvalue weighted by Gasteiger charge is -2.22. The first-order chi connectivity index (χ1) is 13.7. The minimum Gasteiger partial charge on any atom is -0.573 e.